The number of benzene rings is 1. The molecule has 2 rings (SSSR count). The second kappa shape index (κ2) is 8.15. The number of amides is 1. The first-order valence-corrected chi connectivity index (χ1v) is 7.82. The molecule has 1 aliphatic heterocycles. The molecule has 1 unspecified atom stereocenters. The number of hydrogen-bond acceptors (Lipinski definition) is 4. The van der Waals surface area contributed by atoms with Crippen LogP contribution in [-0.2, 0) is 16.1 Å². The fraction of sp³-hybridized carbons (Fsp3) is 0.500. The van der Waals surface area contributed by atoms with E-state index in [1.165, 1.54) is 0 Å². The fourth-order valence-corrected chi connectivity index (χ4v) is 2.67. The van der Waals surface area contributed by atoms with Gasteiger partial charge in [-0.25, -0.2) is 4.79 Å². The van der Waals surface area contributed by atoms with Gasteiger partial charge in [-0.15, -0.1) is 0 Å². The standard InChI is InChI=1S/C16H21ClN2O3/c1-13(6-11-20)18-7-9-19(10-8-18)16(21)22-12-14-4-2-3-5-15(14)17/h2-5,11,13H,6-10,12H2,1H3. The van der Waals surface area contributed by atoms with Crippen LogP contribution in [0.2, 0.25) is 5.02 Å². The van der Waals surface area contributed by atoms with E-state index in [0.717, 1.165) is 24.9 Å². The summed E-state index contributed by atoms with van der Waals surface area (Å²) in [6, 6.07) is 7.54. The van der Waals surface area contributed by atoms with Crippen molar-refractivity contribution >= 4 is 24.0 Å². The van der Waals surface area contributed by atoms with Gasteiger partial charge in [0.25, 0.3) is 0 Å². The average Bonchev–Trinajstić information content (AvgIpc) is 2.54. The first-order valence-electron chi connectivity index (χ1n) is 7.44. The molecular formula is C16H21ClN2O3. The Kier molecular flexibility index (Phi) is 6.21. The molecule has 0 saturated carbocycles. The van der Waals surface area contributed by atoms with Gasteiger partial charge < -0.3 is 14.4 Å². The Balaban J connectivity index is 1.78. The minimum absolute atomic E-state index is 0.181. The summed E-state index contributed by atoms with van der Waals surface area (Å²) in [5, 5.41) is 0.600. The minimum atomic E-state index is -0.317. The van der Waals surface area contributed by atoms with E-state index < -0.39 is 0 Å². The molecule has 1 aromatic carbocycles. The van der Waals surface area contributed by atoms with Crippen molar-refractivity contribution in [2.45, 2.75) is 26.0 Å². The summed E-state index contributed by atoms with van der Waals surface area (Å²) < 4.78 is 5.32. The summed E-state index contributed by atoms with van der Waals surface area (Å²) in [6.45, 7) is 4.96. The fourth-order valence-electron chi connectivity index (χ4n) is 2.48. The zero-order valence-corrected chi connectivity index (χ0v) is 13.5. The number of carbonyl (C=O) groups excluding carboxylic acids is 2. The van der Waals surface area contributed by atoms with E-state index in [-0.39, 0.29) is 18.7 Å². The molecule has 120 valence electrons. The number of nitrogens with zero attached hydrogens (tertiary/aromatic N) is 2. The molecule has 0 aromatic heterocycles. The molecule has 1 aliphatic rings. The predicted molar refractivity (Wildman–Crippen MR) is 84.9 cm³/mol. The molecule has 5 nitrogen and oxygen atoms in total. The van der Waals surface area contributed by atoms with E-state index in [9.17, 15) is 9.59 Å². The Morgan fingerprint density at radius 1 is 1.32 bits per heavy atom. The van der Waals surface area contributed by atoms with Crippen LogP contribution in [0.25, 0.3) is 0 Å². The van der Waals surface area contributed by atoms with Gasteiger partial charge in [-0.3, -0.25) is 4.90 Å². The van der Waals surface area contributed by atoms with E-state index in [2.05, 4.69) is 4.90 Å². The topological polar surface area (TPSA) is 49.9 Å². The SMILES string of the molecule is CC(CC=O)N1CCN(C(=O)OCc2ccccc2Cl)CC1. The lowest BCUT2D eigenvalue weighted by molar-refractivity contribution is -0.109. The summed E-state index contributed by atoms with van der Waals surface area (Å²) in [5.74, 6) is 0. The van der Waals surface area contributed by atoms with Crippen molar-refractivity contribution in [2.24, 2.45) is 0 Å². The van der Waals surface area contributed by atoms with Crippen LogP contribution >= 0.6 is 11.6 Å². The summed E-state index contributed by atoms with van der Waals surface area (Å²) in [5.41, 5.74) is 0.802. The number of aldehydes is 1. The molecule has 0 N–H and O–H groups in total. The molecule has 0 bridgehead atoms. The first kappa shape index (κ1) is 16.8. The molecule has 22 heavy (non-hydrogen) atoms. The predicted octanol–water partition coefficient (Wildman–Crippen LogP) is 2.57. The van der Waals surface area contributed by atoms with Crippen LogP contribution < -0.4 is 0 Å². The van der Waals surface area contributed by atoms with Gasteiger partial charge in [0.15, 0.2) is 0 Å². The highest BCUT2D eigenvalue weighted by atomic mass is 35.5. The number of hydrogen-bond donors (Lipinski definition) is 0. The van der Waals surface area contributed by atoms with Crippen molar-refractivity contribution in [2.75, 3.05) is 26.2 Å². The normalized spacial score (nSPS) is 17.1. The van der Waals surface area contributed by atoms with Crippen molar-refractivity contribution in [3.05, 3.63) is 34.9 Å². The third kappa shape index (κ3) is 4.45. The lowest BCUT2D eigenvalue weighted by Gasteiger charge is -2.37. The van der Waals surface area contributed by atoms with Crippen LogP contribution in [0.4, 0.5) is 4.79 Å². The van der Waals surface area contributed by atoms with Gasteiger partial charge in [-0.1, -0.05) is 29.8 Å². The monoisotopic (exact) mass is 324 g/mol. The van der Waals surface area contributed by atoms with Gasteiger partial charge in [0.1, 0.15) is 12.9 Å². The molecule has 1 fully saturated rings. The number of carbonyl (C=O) groups is 2. The highest BCUT2D eigenvalue weighted by Crippen LogP contribution is 2.16. The van der Waals surface area contributed by atoms with E-state index in [1.54, 1.807) is 11.0 Å². The highest BCUT2D eigenvalue weighted by molar-refractivity contribution is 6.31. The zero-order chi connectivity index (χ0) is 15.9. The largest absolute Gasteiger partial charge is 0.444 e. The van der Waals surface area contributed by atoms with Gasteiger partial charge in [0, 0.05) is 49.2 Å². The van der Waals surface area contributed by atoms with Gasteiger partial charge in [-0.05, 0) is 13.0 Å². The highest BCUT2D eigenvalue weighted by Gasteiger charge is 2.24. The Bertz CT molecular complexity index is 516. The maximum Gasteiger partial charge on any atom is 0.410 e. The molecule has 6 heteroatoms. The van der Waals surface area contributed by atoms with Crippen molar-refractivity contribution in [1.29, 1.82) is 0 Å². The summed E-state index contributed by atoms with van der Waals surface area (Å²) in [4.78, 5) is 26.5. The van der Waals surface area contributed by atoms with Crippen LogP contribution in [0.15, 0.2) is 24.3 Å². The van der Waals surface area contributed by atoms with Crippen LogP contribution in [-0.4, -0.2) is 54.4 Å². The number of piperazine rings is 1. The van der Waals surface area contributed by atoms with Gasteiger partial charge in [0.05, 0.1) is 0 Å². The van der Waals surface area contributed by atoms with Crippen molar-refractivity contribution in [1.82, 2.24) is 9.80 Å². The molecule has 1 amide bonds. The molecular weight excluding hydrogens is 304 g/mol. The van der Waals surface area contributed by atoms with E-state index in [4.69, 9.17) is 16.3 Å². The summed E-state index contributed by atoms with van der Waals surface area (Å²) in [7, 11) is 0. The third-order valence-corrected chi connectivity index (χ3v) is 4.31. The van der Waals surface area contributed by atoms with E-state index >= 15 is 0 Å². The van der Waals surface area contributed by atoms with Crippen LogP contribution in [0.3, 0.4) is 0 Å². The molecule has 0 spiro atoms. The second-order valence-corrected chi connectivity index (χ2v) is 5.83. The smallest absolute Gasteiger partial charge is 0.410 e. The molecule has 0 aliphatic carbocycles. The Morgan fingerprint density at radius 3 is 2.64 bits per heavy atom. The lowest BCUT2D eigenvalue weighted by atomic mass is 10.2. The molecule has 0 radical (unpaired) electrons. The zero-order valence-electron chi connectivity index (χ0n) is 12.7. The van der Waals surface area contributed by atoms with Crippen LogP contribution in [0.5, 0.6) is 0 Å². The second-order valence-electron chi connectivity index (χ2n) is 5.42. The molecule has 1 heterocycles. The number of halogens is 1. The maximum absolute atomic E-state index is 12.1. The van der Waals surface area contributed by atoms with Gasteiger partial charge >= 0.3 is 6.09 Å². The van der Waals surface area contributed by atoms with Crippen LogP contribution in [0, 0.1) is 0 Å². The quantitative estimate of drug-likeness (QED) is 0.781. The van der Waals surface area contributed by atoms with Crippen molar-refractivity contribution < 1.29 is 14.3 Å². The van der Waals surface area contributed by atoms with Crippen molar-refractivity contribution in [3.8, 4) is 0 Å². The Labute approximate surface area is 135 Å². The van der Waals surface area contributed by atoms with Crippen LogP contribution in [0.1, 0.15) is 18.9 Å². The Morgan fingerprint density at radius 2 is 2.00 bits per heavy atom. The van der Waals surface area contributed by atoms with Crippen molar-refractivity contribution in [3.63, 3.8) is 0 Å². The summed E-state index contributed by atoms with van der Waals surface area (Å²) in [6.07, 6.45) is 1.15. The molecule has 1 saturated heterocycles. The van der Waals surface area contributed by atoms with E-state index in [0.29, 0.717) is 24.5 Å². The number of ether oxygens (including phenoxy) is 1. The van der Waals surface area contributed by atoms with Gasteiger partial charge in [-0.2, -0.15) is 0 Å². The maximum atomic E-state index is 12.1. The Hall–Kier alpha value is -1.59. The van der Waals surface area contributed by atoms with E-state index in [1.807, 2.05) is 25.1 Å². The average molecular weight is 325 g/mol. The molecule has 1 atom stereocenters. The lowest BCUT2D eigenvalue weighted by Crippen LogP contribution is -2.51. The third-order valence-electron chi connectivity index (χ3n) is 3.94. The van der Waals surface area contributed by atoms with Gasteiger partial charge in [0.2, 0.25) is 0 Å². The minimum Gasteiger partial charge on any atom is -0.444 e. The number of rotatable bonds is 5. The molecule has 1 aromatic rings. The summed E-state index contributed by atoms with van der Waals surface area (Å²) >= 11 is 6.04. The first-order chi connectivity index (χ1) is 10.6.